The largest absolute Gasteiger partial charge is 0.394 e. The van der Waals surface area contributed by atoms with E-state index in [-0.39, 0.29) is 12.3 Å². The standard InChI is InChI=1S/C31H33N3O/c1-30(2,21-35)32-24-16-17-27-29(19-24)34-28(23-13-7-4-8-14-23)20-25(22-11-5-3-6-12-22)26-15-9-10-18-31(26,34)33-27/h3-8,11-14,16-17,19-20,25-26,35H,9-10,15,18,21H2,1-2H3/t25?,26?,31-/m0/s1. The van der Waals surface area contributed by atoms with E-state index in [0.717, 1.165) is 23.5 Å². The lowest BCUT2D eigenvalue weighted by molar-refractivity contribution is 0.0687. The van der Waals surface area contributed by atoms with Gasteiger partial charge in [0.25, 0.3) is 0 Å². The van der Waals surface area contributed by atoms with Crippen molar-refractivity contribution in [3.8, 4) is 0 Å². The highest BCUT2D eigenvalue weighted by atomic mass is 16.3. The molecule has 3 atom stereocenters. The van der Waals surface area contributed by atoms with E-state index < -0.39 is 5.54 Å². The van der Waals surface area contributed by atoms with Crippen molar-refractivity contribution in [2.24, 2.45) is 15.9 Å². The first-order valence-electron chi connectivity index (χ1n) is 12.8. The maximum Gasteiger partial charge on any atom is 0.140 e. The Morgan fingerprint density at radius 1 is 1.00 bits per heavy atom. The zero-order valence-corrected chi connectivity index (χ0v) is 20.6. The van der Waals surface area contributed by atoms with Crippen molar-refractivity contribution in [1.82, 2.24) is 4.90 Å². The molecule has 2 aromatic rings. The van der Waals surface area contributed by atoms with Gasteiger partial charge in [0.15, 0.2) is 0 Å². The van der Waals surface area contributed by atoms with Gasteiger partial charge in [0.1, 0.15) is 5.66 Å². The molecule has 2 aliphatic carbocycles. The highest BCUT2D eigenvalue weighted by Gasteiger charge is 2.56. The molecule has 0 aromatic heterocycles. The molecule has 4 aliphatic rings. The van der Waals surface area contributed by atoms with Crippen LogP contribution in [0, 0.1) is 5.92 Å². The molecular weight excluding hydrogens is 430 g/mol. The zero-order valence-electron chi connectivity index (χ0n) is 20.6. The van der Waals surface area contributed by atoms with Gasteiger partial charge >= 0.3 is 0 Å². The number of hydrogen-bond donors (Lipinski definition) is 1. The molecule has 0 bridgehead atoms. The van der Waals surface area contributed by atoms with Crippen LogP contribution in [0.1, 0.15) is 56.6 Å². The van der Waals surface area contributed by atoms with Crippen LogP contribution in [-0.2, 0) is 0 Å². The molecule has 0 amide bonds. The summed E-state index contributed by atoms with van der Waals surface area (Å²) in [4.78, 5) is 12.9. The van der Waals surface area contributed by atoms with Gasteiger partial charge in [-0.1, -0.05) is 73.2 Å². The molecule has 0 saturated heterocycles. The van der Waals surface area contributed by atoms with E-state index in [2.05, 4.69) is 83.8 Å². The fourth-order valence-electron chi connectivity index (χ4n) is 6.29. The summed E-state index contributed by atoms with van der Waals surface area (Å²) in [7, 11) is 0. The fourth-order valence-corrected chi connectivity index (χ4v) is 6.29. The molecule has 2 aromatic carbocycles. The number of nitrogens with zero attached hydrogens (tertiary/aromatic N) is 3. The SMILES string of the molecule is CC(C)(CO)N=C1C=CC2=N[C@]34CCCCC3C(c3ccccc3)C=C(c3ccccc3)N4C2=C1. The molecule has 2 heterocycles. The van der Waals surface area contributed by atoms with Gasteiger partial charge in [0.2, 0.25) is 0 Å². The smallest absolute Gasteiger partial charge is 0.140 e. The van der Waals surface area contributed by atoms with Crippen LogP contribution in [0.3, 0.4) is 0 Å². The average Bonchev–Trinajstić information content (AvgIpc) is 3.21. The number of benzene rings is 2. The van der Waals surface area contributed by atoms with Crippen LogP contribution >= 0.6 is 0 Å². The van der Waals surface area contributed by atoms with Crippen LogP contribution in [0.25, 0.3) is 5.70 Å². The van der Waals surface area contributed by atoms with E-state index >= 15 is 0 Å². The van der Waals surface area contributed by atoms with E-state index in [4.69, 9.17) is 9.98 Å². The molecule has 6 rings (SSSR count). The quantitative estimate of drug-likeness (QED) is 0.554. The van der Waals surface area contributed by atoms with Gasteiger partial charge in [0, 0.05) is 17.5 Å². The Morgan fingerprint density at radius 3 is 2.49 bits per heavy atom. The van der Waals surface area contributed by atoms with Crippen LogP contribution in [0.5, 0.6) is 0 Å². The minimum absolute atomic E-state index is 0.0120. The fraction of sp³-hybridized carbons (Fsp3) is 0.355. The van der Waals surface area contributed by atoms with Gasteiger partial charge in [-0.2, -0.15) is 0 Å². The molecule has 35 heavy (non-hydrogen) atoms. The molecule has 4 nitrogen and oxygen atoms in total. The molecular formula is C31H33N3O. The van der Waals surface area contributed by atoms with Gasteiger partial charge in [0.05, 0.1) is 29.3 Å². The van der Waals surface area contributed by atoms with E-state index in [1.54, 1.807) is 0 Å². The molecule has 178 valence electrons. The van der Waals surface area contributed by atoms with E-state index in [9.17, 15) is 5.11 Å². The summed E-state index contributed by atoms with van der Waals surface area (Å²) in [6, 6.07) is 21.7. The summed E-state index contributed by atoms with van der Waals surface area (Å²) in [5, 5.41) is 9.79. The number of hydrogen-bond acceptors (Lipinski definition) is 4. The van der Waals surface area contributed by atoms with Crippen LogP contribution < -0.4 is 0 Å². The summed E-state index contributed by atoms with van der Waals surface area (Å²) in [5.74, 6) is 0.728. The maximum atomic E-state index is 9.79. The van der Waals surface area contributed by atoms with Crippen molar-refractivity contribution in [3.05, 3.63) is 102 Å². The number of allylic oxidation sites excluding steroid dienone is 4. The van der Waals surface area contributed by atoms with Crippen LogP contribution in [0.15, 0.2) is 101 Å². The highest BCUT2D eigenvalue weighted by molar-refractivity contribution is 6.22. The summed E-state index contributed by atoms with van der Waals surface area (Å²) in [5.41, 5.74) is 6.09. The highest BCUT2D eigenvalue weighted by Crippen LogP contribution is 2.57. The lowest BCUT2D eigenvalue weighted by Gasteiger charge is -2.53. The number of rotatable bonds is 4. The van der Waals surface area contributed by atoms with Gasteiger partial charge in [-0.05, 0) is 62.5 Å². The van der Waals surface area contributed by atoms with Gasteiger partial charge in [-0.25, -0.2) is 0 Å². The van der Waals surface area contributed by atoms with Crippen molar-refractivity contribution in [1.29, 1.82) is 0 Å². The minimum atomic E-state index is -0.520. The normalized spacial score (nSPS) is 28.6. The lowest BCUT2D eigenvalue weighted by atomic mass is 9.66. The second-order valence-electron chi connectivity index (χ2n) is 10.8. The number of aliphatic hydroxyl groups is 1. The number of aliphatic imine (C=N–C) groups is 2. The monoisotopic (exact) mass is 463 g/mol. The Morgan fingerprint density at radius 2 is 1.74 bits per heavy atom. The second kappa shape index (κ2) is 8.46. The van der Waals surface area contributed by atoms with Crippen molar-refractivity contribution in [2.45, 2.75) is 56.7 Å². The van der Waals surface area contributed by atoms with Crippen LogP contribution in [-0.4, -0.2) is 39.2 Å². The Kier molecular flexibility index (Phi) is 5.37. The second-order valence-corrected chi connectivity index (χ2v) is 10.8. The minimum Gasteiger partial charge on any atom is -0.394 e. The predicted molar refractivity (Wildman–Crippen MR) is 143 cm³/mol. The van der Waals surface area contributed by atoms with Crippen molar-refractivity contribution >= 4 is 17.1 Å². The third-order valence-electron chi connectivity index (χ3n) is 7.89. The van der Waals surface area contributed by atoms with Crippen molar-refractivity contribution in [2.75, 3.05) is 6.61 Å². The summed E-state index contributed by atoms with van der Waals surface area (Å²) < 4.78 is 0. The first-order chi connectivity index (χ1) is 17.0. The predicted octanol–water partition coefficient (Wildman–Crippen LogP) is 6.13. The van der Waals surface area contributed by atoms with Gasteiger partial charge in [-0.15, -0.1) is 0 Å². The lowest BCUT2D eigenvalue weighted by Crippen LogP contribution is -2.54. The Bertz CT molecular complexity index is 1270. The van der Waals surface area contributed by atoms with E-state index in [1.165, 1.54) is 36.1 Å². The maximum absolute atomic E-state index is 9.79. The molecule has 1 saturated carbocycles. The van der Waals surface area contributed by atoms with Crippen molar-refractivity contribution in [3.63, 3.8) is 0 Å². The average molecular weight is 464 g/mol. The van der Waals surface area contributed by atoms with E-state index in [0.29, 0.717) is 11.8 Å². The molecule has 1 N–H and O–H groups in total. The molecule has 1 fully saturated rings. The number of aliphatic hydroxyl groups excluding tert-OH is 1. The molecule has 2 unspecified atom stereocenters. The van der Waals surface area contributed by atoms with Gasteiger partial charge < -0.3 is 10.0 Å². The van der Waals surface area contributed by atoms with E-state index in [1.807, 2.05) is 19.9 Å². The van der Waals surface area contributed by atoms with Crippen LogP contribution in [0.4, 0.5) is 0 Å². The van der Waals surface area contributed by atoms with Crippen molar-refractivity contribution < 1.29 is 5.11 Å². The third kappa shape index (κ3) is 3.71. The first-order valence-corrected chi connectivity index (χ1v) is 12.8. The zero-order chi connectivity index (χ0) is 24.0. The van der Waals surface area contributed by atoms with Crippen LogP contribution in [0.2, 0.25) is 0 Å². The summed E-state index contributed by atoms with van der Waals surface area (Å²) in [6.07, 6.45) is 13.5. The first kappa shape index (κ1) is 22.2. The van der Waals surface area contributed by atoms with Gasteiger partial charge in [-0.3, -0.25) is 9.98 Å². The Hall–Kier alpha value is -3.24. The summed E-state index contributed by atoms with van der Waals surface area (Å²) in [6.45, 7) is 3.94. The molecule has 4 heteroatoms. The Labute approximate surface area is 208 Å². The Balaban J connectivity index is 1.56. The number of fused-ring (bicyclic) bond motifs is 2. The molecule has 1 spiro atoms. The molecule has 0 radical (unpaired) electrons. The summed E-state index contributed by atoms with van der Waals surface area (Å²) >= 11 is 0. The third-order valence-corrected chi connectivity index (χ3v) is 7.89. The molecule has 2 aliphatic heterocycles. The topological polar surface area (TPSA) is 48.2 Å².